The molecular weight excluding hydrogens is 338 g/mol. The fourth-order valence-electron chi connectivity index (χ4n) is 3.43. The Hall–Kier alpha value is -2.69. The zero-order valence-electron chi connectivity index (χ0n) is 14.6. The van der Waals surface area contributed by atoms with Gasteiger partial charge in [0.2, 0.25) is 0 Å². The van der Waals surface area contributed by atoms with Crippen molar-refractivity contribution in [2.75, 3.05) is 7.05 Å². The van der Waals surface area contributed by atoms with Gasteiger partial charge in [-0.2, -0.15) is 0 Å². The van der Waals surface area contributed by atoms with Crippen LogP contribution in [0.15, 0.2) is 84.9 Å². The first kappa shape index (κ1) is 16.8. The van der Waals surface area contributed by atoms with Gasteiger partial charge in [-0.3, -0.25) is 5.01 Å². The van der Waals surface area contributed by atoms with E-state index in [0.29, 0.717) is 5.11 Å². The van der Waals surface area contributed by atoms with Crippen molar-refractivity contribution >= 4 is 17.3 Å². The Morgan fingerprint density at radius 3 is 1.96 bits per heavy atom. The molecule has 1 aliphatic rings. The molecule has 1 atom stereocenters. The number of hydrogen-bond acceptors (Lipinski definition) is 2. The van der Waals surface area contributed by atoms with Gasteiger partial charge < -0.3 is 5.32 Å². The summed E-state index contributed by atoms with van der Waals surface area (Å²) in [5.41, 5.74) is 7.91. The number of thiocarbonyl (C=S) groups is 1. The Morgan fingerprint density at radius 2 is 1.38 bits per heavy atom. The Balaban J connectivity index is 1.69. The minimum atomic E-state index is -0.442. The largest absolute Gasteiger partial charge is 0.338 e. The Kier molecular flexibility index (Phi) is 4.45. The van der Waals surface area contributed by atoms with E-state index in [0.717, 1.165) is 12.0 Å². The average molecular weight is 359 g/mol. The quantitative estimate of drug-likeness (QED) is 0.687. The third-order valence-electron chi connectivity index (χ3n) is 4.78. The van der Waals surface area contributed by atoms with E-state index in [2.05, 4.69) is 83.5 Å². The smallest absolute Gasteiger partial charge is 0.185 e. The lowest BCUT2D eigenvalue weighted by molar-refractivity contribution is 0.242. The first-order valence-electron chi connectivity index (χ1n) is 8.70. The molecule has 0 bridgehead atoms. The highest BCUT2D eigenvalue weighted by Gasteiger charge is 2.40. The Labute approximate surface area is 159 Å². The summed E-state index contributed by atoms with van der Waals surface area (Å²) in [6, 6.07) is 29.6. The molecule has 1 aliphatic heterocycles. The summed E-state index contributed by atoms with van der Waals surface area (Å²) in [6.07, 6.45) is 0.795. The van der Waals surface area contributed by atoms with Crippen LogP contribution in [0.3, 0.4) is 0 Å². The molecule has 0 radical (unpaired) electrons. The second-order valence-electron chi connectivity index (χ2n) is 6.61. The second kappa shape index (κ2) is 6.90. The van der Waals surface area contributed by atoms with Crippen LogP contribution < -0.4 is 10.7 Å². The molecule has 3 aromatic carbocycles. The maximum Gasteiger partial charge on any atom is 0.185 e. The van der Waals surface area contributed by atoms with E-state index in [4.69, 9.17) is 12.2 Å². The molecule has 0 aromatic heterocycles. The lowest BCUT2D eigenvalue weighted by Crippen LogP contribution is -2.49. The van der Waals surface area contributed by atoms with Gasteiger partial charge in [0.1, 0.15) is 5.66 Å². The van der Waals surface area contributed by atoms with Gasteiger partial charge >= 0.3 is 0 Å². The molecule has 1 saturated heterocycles. The predicted molar refractivity (Wildman–Crippen MR) is 110 cm³/mol. The lowest BCUT2D eigenvalue weighted by Gasteiger charge is -2.30. The van der Waals surface area contributed by atoms with Crippen LogP contribution in [-0.4, -0.2) is 17.2 Å². The van der Waals surface area contributed by atoms with Crippen molar-refractivity contribution in [2.45, 2.75) is 12.1 Å². The van der Waals surface area contributed by atoms with E-state index in [1.807, 2.05) is 24.2 Å². The first-order valence-corrected chi connectivity index (χ1v) is 9.11. The van der Waals surface area contributed by atoms with Crippen LogP contribution in [0.5, 0.6) is 0 Å². The van der Waals surface area contributed by atoms with Gasteiger partial charge in [-0.15, -0.1) is 0 Å². The minimum Gasteiger partial charge on any atom is -0.338 e. The summed E-state index contributed by atoms with van der Waals surface area (Å²) in [7, 11) is 1.94. The fourth-order valence-corrected chi connectivity index (χ4v) is 3.65. The van der Waals surface area contributed by atoms with Crippen LogP contribution in [0.1, 0.15) is 11.1 Å². The molecule has 0 aliphatic carbocycles. The van der Waals surface area contributed by atoms with Crippen molar-refractivity contribution in [2.24, 2.45) is 0 Å². The lowest BCUT2D eigenvalue weighted by atomic mass is 9.91. The zero-order chi connectivity index (χ0) is 18.0. The number of hydrazine groups is 1. The zero-order valence-corrected chi connectivity index (χ0v) is 15.5. The van der Waals surface area contributed by atoms with E-state index >= 15 is 0 Å². The monoisotopic (exact) mass is 359 g/mol. The van der Waals surface area contributed by atoms with E-state index in [1.165, 1.54) is 16.7 Å². The molecule has 130 valence electrons. The molecule has 1 heterocycles. The molecular formula is C22H21N3S. The summed E-state index contributed by atoms with van der Waals surface area (Å²) in [5, 5.41) is 6.07. The van der Waals surface area contributed by atoms with Crippen molar-refractivity contribution in [3.63, 3.8) is 0 Å². The van der Waals surface area contributed by atoms with Crippen LogP contribution in [0.2, 0.25) is 0 Å². The molecule has 0 spiro atoms. The number of hydrogen-bond donors (Lipinski definition) is 2. The highest BCUT2D eigenvalue weighted by atomic mass is 32.1. The number of nitrogens with one attached hydrogen (secondary N) is 2. The van der Waals surface area contributed by atoms with Crippen molar-refractivity contribution in [1.29, 1.82) is 0 Å². The Bertz CT molecular complexity index is 894. The molecule has 0 saturated carbocycles. The highest BCUT2D eigenvalue weighted by Crippen LogP contribution is 2.29. The van der Waals surface area contributed by atoms with Crippen LogP contribution in [0.4, 0.5) is 0 Å². The average Bonchev–Trinajstić information content (AvgIpc) is 2.98. The molecule has 1 fully saturated rings. The third-order valence-corrected chi connectivity index (χ3v) is 5.16. The van der Waals surface area contributed by atoms with E-state index < -0.39 is 5.66 Å². The summed E-state index contributed by atoms with van der Waals surface area (Å²) >= 11 is 5.46. The van der Waals surface area contributed by atoms with E-state index in [1.54, 1.807) is 0 Å². The summed E-state index contributed by atoms with van der Waals surface area (Å²) in [4.78, 5) is 0. The van der Waals surface area contributed by atoms with Crippen molar-refractivity contribution < 1.29 is 0 Å². The molecule has 2 N–H and O–H groups in total. The van der Waals surface area contributed by atoms with E-state index in [-0.39, 0.29) is 0 Å². The molecule has 26 heavy (non-hydrogen) atoms. The number of benzene rings is 3. The van der Waals surface area contributed by atoms with Crippen LogP contribution >= 0.6 is 12.2 Å². The van der Waals surface area contributed by atoms with Gasteiger partial charge in [-0.25, -0.2) is 5.43 Å². The topological polar surface area (TPSA) is 27.3 Å². The van der Waals surface area contributed by atoms with Gasteiger partial charge in [-0.05, 0) is 34.5 Å². The summed E-state index contributed by atoms with van der Waals surface area (Å²) in [5.74, 6) is 0. The van der Waals surface area contributed by atoms with Crippen molar-refractivity contribution in [3.8, 4) is 11.1 Å². The third kappa shape index (κ3) is 3.21. The molecule has 3 nitrogen and oxygen atoms in total. The van der Waals surface area contributed by atoms with Crippen LogP contribution in [-0.2, 0) is 12.1 Å². The van der Waals surface area contributed by atoms with Crippen LogP contribution in [0.25, 0.3) is 11.1 Å². The summed E-state index contributed by atoms with van der Waals surface area (Å²) in [6.45, 7) is 0. The van der Waals surface area contributed by atoms with Gasteiger partial charge in [0.25, 0.3) is 0 Å². The molecule has 4 heteroatoms. The second-order valence-corrected chi connectivity index (χ2v) is 7.00. The normalized spacial score (nSPS) is 19.4. The Morgan fingerprint density at radius 1 is 0.808 bits per heavy atom. The maximum atomic E-state index is 5.46. The predicted octanol–water partition coefficient (Wildman–Crippen LogP) is 4.07. The summed E-state index contributed by atoms with van der Waals surface area (Å²) < 4.78 is 0. The van der Waals surface area contributed by atoms with Crippen molar-refractivity contribution in [1.82, 2.24) is 15.8 Å². The maximum absolute atomic E-state index is 5.46. The van der Waals surface area contributed by atoms with Gasteiger partial charge in [0.05, 0.1) is 0 Å². The molecule has 3 aromatic rings. The molecule has 4 rings (SSSR count). The number of nitrogens with zero attached hydrogens (tertiary/aromatic N) is 1. The van der Waals surface area contributed by atoms with Crippen molar-refractivity contribution in [3.05, 3.63) is 96.1 Å². The van der Waals surface area contributed by atoms with Gasteiger partial charge in [-0.1, -0.05) is 84.9 Å². The minimum absolute atomic E-state index is 0.442. The van der Waals surface area contributed by atoms with Gasteiger partial charge in [0.15, 0.2) is 5.11 Å². The highest BCUT2D eigenvalue weighted by molar-refractivity contribution is 7.80. The van der Waals surface area contributed by atoms with E-state index in [9.17, 15) is 0 Å². The standard InChI is InChI=1S/C22H21N3S/c1-25-21(26)23-22(24-25,16-17-8-4-2-5-9-17)20-14-12-19(13-15-20)18-10-6-3-7-11-18/h2-15,24H,16H2,1H3,(H,23,26)/t22-/m0/s1. The first-order chi connectivity index (χ1) is 12.7. The molecule has 0 amide bonds. The number of rotatable bonds is 4. The van der Waals surface area contributed by atoms with Gasteiger partial charge in [0, 0.05) is 13.5 Å². The SMILES string of the molecule is CN1N[C@@](Cc2ccccc2)(c2ccc(-c3ccccc3)cc2)NC1=S. The fraction of sp³-hybridized carbons (Fsp3) is 0.136. The van der Waals surface area contributed by atoms with Crippen LogP contribution in [0, 0.1) is 0 Å². The molecule has 0 unspecified atom stereocenters.